The van der Waals surface area contributed by atoms with Crippen LogP contribution in [0.4, 0.5) is 0 Å². The van der Waals surface area contributed by atoms with E-state index in [9.17, 15) is 4.79 Å². The molecule has 0 aromatic carbocycles. The van der Waals surface area contributed by atoms with E-state index in [-0.39, 0.29) is 5.91 Å². The van der Waals surface area contributed by atoms with Gasteiger partial charge in [0.25, 0.3) is 0 Å². The fraction of sp³-hybridized carbons (Fsp3) is 0.727. The van der Waals surface area contributed by atoms with E-state index in [4.69, 9.17) is 4.74 Å². The van der Waals surface area contributed by atoms with Crippen LogP contribution in [0.5, 0.6) is 0 Å². The monoisotopic (exact) mass is 275 g/mol. The van der Waals surface area contributed by atoms with Crippen LogP contribution >= 0.6 is 15.9 Å². The van der Waals surface area contributed by atoms with Crippen molar-refractivity contribution in [3.63, 3.8) is 0 Å². The molecule has 1 saturated heterocycles. The SMILES string of the molecule is CC/C(Br)=C\N(C(C)=O)C1CCOCC1. The molecule has 3 nitrogen and oxygen atoms in total. The summed E-state index contributed by atoms with van der Waals surface area (Å²) in [6.45, 7) is 5.18. The standard InChI is InChI=1S/C11H18BrNO2/c1-3-10(12)8-13(9(2)14)11-4-6-15-7-5-11/h8,11H,3-7H2,1-2H3/b10-8+. The van der Waals surface area contributed by atoms with E-state index in [1.807, 2.05) is 11.1 Å². The normalized spacial score (nSPS) is 19.0. The number of allylic oxidation sites excluding steroid dienone is 1. The fourth-order valence-corrected chi connectivity index (χ4v) is 1.88. The van der Waals surface area contributed by atoms with E-state index < -0.39 is 0 Å². The lowest BCUT2D eigenvalue weighted by molar-refractivity contribution is -0.129. The van der Waals surface area contributed by atoms with Gasteiger partial charge in [0.15, 0.2) is 0 Å². The predicted molar refractivity (Wildman–Crippen MR) is 63.7 cm³/mol. The number of hydrogen-bond acceptors (Lipinski definition) is 2. The predicted octanol–water partition coefficient (Wildman–Crippen LogP) is 2.66. The van der Waals surface area contributed by atoms with Gasteiger partial charge >= 0.3 is 0 Å². The van der Waals surface area contributed by atoms with Crippen LogP contribution in [0, 0.1) is 0 Å². The molecular formula is C11H18BrNO2. The van der Waals surface area contributed by atoms with E-state index in [1.54, 1.807) is 6.92 Å². The molecule has 0 bridgehead atoms. The number of halogens is 1. The van der Waals surface area contributed by atoms with Crippen molar-refractivity contribution in [3.05, 3.63) is 10.7 Å². The Morgan fingerprint density at radius 3 is 2.60 bits per heavy atom. The summed E-state index contributed by atoms with van der Waals surface area (Å²) in [5.41, 5.74) is 0. The Hall–Kier alpha value is -0.350. The fourth-order valence-electron chi connectivity index (χ4n) is 1.66. The van der Waals surface area contributed by atoms with Gasteiger partial charge in [0, 0.05) is 36.9 Å². The molecule has 0 atom stereocenters. The summed E-state index contributed by atoms with van der Waals surface area (Å²) in [4.78, 5) is 13.3. The summed E-state index contributed by atoms with van der Waals surface area (Å²) in [7, 11) is 0. The lowest BCUT2D eigenvalue weighted by Gasteiger charge is -2.31. The van der Waals surface area contributed by atoms with Gasteiger partial charge in [-0.3, -0.25) is 4.79 Å². The van der Waals surface area contributed by atoms with Crippen molar-refractivity contribution in [2.24, 2.45) is 0 Å². The molecule has 1 amide bonds. The molecule has 1 fully saturated rings. The van der Waals surface area contributed by atoms with Crippen molar-refractivity contribution in [2.75, 3.05) is 13.2 Å². The molecule has 15 heavy (non-hydrogen) atoms. The first-order chi connectivity index (χ1) is 7.15. The minimum Gasteiger partial charge on any atom is -0.381 e. The summed E-state index contributed by atoms with van der Waals surface area (Å²) < 4.78 is 6.35. The van der Waals surface area contributed by atoms with Gasteiger partial charge in [0.05, 0.1) is 0 Å². The van der Waals surface area contributed by atoms with Crippen LogP contribution in [0.2, 0.25) is 0 Å². The van der Waals surface area contributed by atoms with E-state index in [2.05, 4.69) is 22.9 Å². The number of amides is 1. The third-order valence-electron chi connectivity index (χ3n) is 2.56. The average Bonchev–Trinajstić information content (AvgIpc) is 2.26. The molecule has 1 aliphatic heterocycles. The van der Waals surface area contributed by atoms with E-state index in [0.717, 1.165) is 37.0 Å². The lowest BCUT2D eigenvalue weighted by Crippen LogP contribution is -2.38. The third kappa shape index (κ3) is 3.95. The third-order valence-corrected chi connectivity index (χ3v) is 3.33. The molecule has 4 heteroatoms. The molecule has 0 spiro atoms. The van der Waals surface area contributed by atoms with Crippen LogP contribution in [-0.4, -0.2) is 30.1 Å². The Morgan fingerprint density at radius 2 is 2.13 bits per heavy atom. The van der Waals surface area contributed by atoms with Crippen molar-refractivity contribution >= 4 is 21.8 Å². The van der Waals surface area contributed by atoms with Gasteiger partial charge in [-0.15, -0.1) is 0 Å². The Morgan fingerprint density at radius 1 is 1.53 bits per heavy atom. The second-order valence-electron chi connectivity index (χ2n) is 3.70. The lowest BCUT2D eigenvalue weighted by atomic mass is 10.1. The molecule has 0 unspecified atom stereocenters. The highest BCUT2D eigenvalue weighted by atomic mass is 79.9. The first-order valence-corrected chi connectivity index (χ1v) is 6.17. The first kappa shape index (κ1) is 12.7. The van der Waals surface area contributed by atoms with Crippen LogP contribution in [0.15, 0.2) is 10.7 Å². The summed E-state index contributed by atoms with van der Waals surface area (Å²) >= 11 is 3.45. The van der Waals surface area contributed by atoms with Crippen LogP contribution in [0.1, 0.15) is 33.1 Å². The number of rotatable bonds is 3. The average molecular weight is 276 g/mol. The smallest absolute Gasteiger partial charge is 0.223 e. The Balaban J connectivity index is 2.68. The minimum atomic E-state index is 0.104. The highest BCUT2D eigenvalue weighted by Gasteiger charge is 2.22. The Kier molecular flexibility index (Phi) is 5.32. The van der Waals surface area contributed by atoms with Crippen LogP contribution in [-0.2, 0) is 9.53 Å². The summed E-state index contributed by atoms with van der Waals surface area (Å²) in [6.07, 6.45) is 4.69. The van der Waals surface area contributed by atoms with E-state index in [1.165, 1.54) is 0 Å². The maximum Gasteiger partial charge on any atom is 0.223 e. The molecule has 0 aromatic heterocycles. The minimum absolute atomic E-state index is 0.104. The zero-order valence-corrected chi connectivity index (χ0v) is 10.9. The maximum atomic E-state index is 11.5. The van der Waals surface area contributed by atoms with Crippen molar-refractivity contribution < 1.29 is 9.53 Å². The van der Waals surface area contributed by atoms with Crippen LogP contribution < -0.4 is 0 Å². The van der Waals surface area contributed by atoms with E-state index >= 15 is 0 Å². The summed E-state index contributed by atoms with van der Waals surface area (Å²) in [5, 5.41) is 0. The van der Waals surface area contributed by atoms with Gasteiger partial charge in [0.2, 0.25) is 5.91 Å². The van der Waals surface area contributed by atoms with Crippen LogP contribution in [0.25, 0.3) is 0 Å². The highest BCUT2D eigenvalue weighted by Crippen LogP contribution is 2.19. The second-order valence-corrected chi connectivity index (χ2v) is 4.72. The largest absolute Gasteiger partial charge is 0.381 e. The summed E-state index contributed by atoms with van der Waals surface area (Å²) in [6, 6.07) is 0.301. The summed E-state index contributed by atoms with van der Waals surface area (Å²) in [5.74, 6) is 0.104. The van der Waals surface area contributed by atoms with Crippen molar-refractivity contribution in [1.29, 1.82) is 0 Å². The first-order valence-electron chi connectivity index (χ1n) is 5.38. The Labute approximate surface area is 99.6 Å². The van der Waals surface area contributed by atoms with Crippen molar-refractivity contribution in [2.45, 2.75) is 39.2 Å². The zero-order chi connectivity index (χ0) is 11.3. The zero-order valence-electron chi connectivity index (χ0n) is 9.33. The molecule has 1 rings (SSSR count). The van der Waals surface area contributed by atoms with Gasteiger partial charge in [-0.25, -0.2) is 0 Å². The molecular weight excluding hydrogens is 258 g/mol. The van der Waals surface area contributed by atoms with Gasteiger partial charge in [0.1, 0.15) is 0 Å². The van der Waals surface area contributed by atoms with Gasteiger partial charge in [-0.2, -0.15) is 0 Å². The quantitative estimate of drug-likeness (QED) is 0.793. The number of nitrogens with zero attached hydrogens (tertiary/aromatic N) is 1. The Bertz CT molecular complexity index is 247. The molecule has 0 radical (unpaired) electrons. The number of carbonyl (C=O) groups excluding carboxylic acids is 1. The highest BCUT2D eigenvalue weighted by molar-refractivity contribution is 9.11. The topological polar surface area (TPSA) is 29.5 Å². The van der Waals surface area contributed by atoms with Gasteiger partial charge in [-0.1, -0.05) is 22.9 Å². The maximum absolute atomic E-state index is 11.5. The molecule has 1 heterocycles. The molecule has 86 valence electrons. The molecule has 0 aliphatic carbocycles. The van der Waals surface area contributed by atoms with Gasteiger partial charge < -0.3 is 9.64 Å². The van der Waals surface area contributed by atoms with Crippen LogP contribution in [0.3, 0.4) is 0 Å². The van der Waals surface area contributed by atoms with Crippen molar-refractivity contribution in [3.8, 4) is 0 Å². The molecule has 1 aliphatic rings. The number of carbonyl (C=O) groups is 1. The van der Waals surface area contributed by atoms with E-state index in [0.29, 0.717) is 6.04 Å². The number of hydrogen-bond donors (Lipinski definition) is 0. The molecule has 0 saturated carbocycles. The van der Waals surface area contributed by atoms with Crippen molar-refractivity contribution in [1.82, 2.24) is 4.90 Å². The second kappa shape index (κ2) is 6.28. The van der Waals surface area contributed by atoms with Gasteiger partial charge in [-0.05, 0) is 19.3 Å². The molecule has 0 aromatic rings. The number of ether oxygens (including phenoxy) is 1. The molecule has 0 N–H and O–H groups in total.